The summed E-state index contributed by atoms with van der Waals surface area (Å²) in [7, 11) is -2.28. The first kappa shape index (κ1) is 25.5. The van der Waals surface area contributed by atoms with E-state index in [-0.39, 0.29) is 28.8 Å². The van der Waals surface area contributed by atoms with Crippen molar-refractivity contribution in [3.63, 3.8) is 0 Å². The van der Waals surface area contributed by atoms with Crippen LogP contribution in [0.2, 0.25) is 5.02 Å². The highest BCUT2D eigenvalue weighted by atomic mass is 35.5. The summed E-state index contributed by atoms with van der Waals surface area (Å²) in [6, 6.07) is 21.4. The van der Waals surface area contributed by atoms with Crippen molar-refractivity contribution in [1.29, 1.82) is 0 Å². The topological polar surface area (TPSA) is 96.0 Å². The number of ether oxygens (including phenoxy) is 1. The third kappa shape index (κ3) is 5.98. The lowest BCUT2D eigenvalue weighted by atomic mass is 10.1. The number of halogens is 1. The third-order valence-corrected chi connectivity index (χ3v) is 7.62. The lowest BCUT2D eigenvalue weighted by Crippen LogP contribution is -2.40. The number of nitrogens with one attached hydrogen (secondary N) is 1. The summed E-state index contributed by atoms with van der Waals surface area (Å²) in [6.07, 6.45) is 0.121. The number of hydrogen-bond acceptors (Lipinski definition) is 5. The molecule has 0 aromatic heterocycles. The van der Waals surface area contributed by atoms with E-state index < -0.39 is 22.0 Å². The molecular formula is C26H26ClN3O5S. The quantitative estimate of drug-likeness (QED) is 0.483. The number of rotatable bonds is 7. The van der Waals surface area contributed by atoms with Crippen molar-refractivity contribution in [2.45, 2.75) is 24.0 Å². The van der Waals surface area contributed by atoms with Crippen LogP contribution in [0.1, 0.15) is 22.3 Å². The molecule has 188 valence electrons. The van der Waals surface area contributed by atoms with E-state index in [0.717, 1.165) is 5.56 Å². The molecule has 10 heteroatoms. The molecule has 0 radical (unpaired) electrons. The van der Waals surface area contributed by atoms with Gasteiger partial charge in [0.15, 0.2) is 0 Å². The van der Waals surface area contributed by atoms with Crippen LogP contribution in [0.4, 0.5) is 10.5 Å². The first-order valence-electron chi connectivity index (χ1n) is 11.3. The highest BCUT2D eigenvalue weighted by Gasteiger charge is 2.33. The number of nitrogens with zero attached hydrogens (tertiary/aromatic N) is 2. The van der Waals surface area contributed by atoms with Gasteiger partial charge in [-0.15, -0.1) is 0 Å². The fourth-order valence-electron chi connectivity index (χ4n) is 3.98. The number of amides is 2. The number of likely N-dealkylation sites (tertiary alicyclic amines) is 1. The molecule has 1 unspecified atom stereocenters. The molecule has 0 bridgehead atoms. The van der Waals surface area contributed by atoms with Gasteiger partial charge in [0.1, 0.15) is 6.61 Å². The molecule has 0 spiro atoms. The molecule has 0 aliphatic carbocycles. The fourth-order valence-corrected chi connectivity index (χ4v) is 5.25. The van der Waals surface area contributed by atoms with Crippen LogP contribution in [0.3, 0.4) is 0 Å². The Labute approximate surface area is 215 Å². The van der Waals surface area contributed by atoms with Crippen LogP contribution in [0.5, 0.6) is 0 Å². The van der Waals surface area contributed by atoms with Gasteiger partial charge < -0.3 is 14.5 Å². The Hall–Kier alpha value is -3.56. The van der Waals surface area contributed by atoms with Gasteiger partial charge >= 0.3 is 6.09 Å². The van der Waals surface area contributed by atoms with Crippen molar-refractivity contribution in [2.24, 2.45) is 0 Å². The van der Waals surface area contributed by atoms with Crippen LogP contribution in [0.25, 0.3) is 0 Å². The van der Waals surface area contributed by atoms with Crippen molar-refractivity contribution in [3.05, 3.63) is 95.0 Å². The van der Waals surface area contributed by atoms with Crippen LogP contribution in [-0.2, 0) is 21.4 Å². The van der Waals surface area contributed by atoms with Gasteiger partial charge in [-0.1, -0.05) is 60.1 Å². The minimum Gasteiger partial charge on any atom is -0.445 e. The minimum atomic E-state index is -3.91. The van der Waals surface area contributed by atoms with Gasteiger partial charge in [0.05, 0.1) is 22.2 Å². The molecule has 3 aromatic carbocycles. The molecule has 2 amide bonds. The summed E-state index contributed by atoms with van der Waals surface area (Å²) < 4.78 is 33.6. The Kier molecular flexibility index (Phi) is 7.81. The van der Waals surface area contributed by atoms with Crippen LogP contribution >= 0.6 is 11.6 Å². The summed E-state index contributed by atoms with van der Waals surface area (Å²) in [5.41, 5.74) is 1.13. The zero-order valence-corrected chi connectivity index (χ0v) is 21.2. The Morgan fingerprint density at radius 3 is 2.42 bits per heavy atom. The summed E-state index contributed by atoms with van der Waals surface area (Å²) in [4.78, 5) is 29.1. The van der Waals surface area contributed by atoms with E-state index in [1.165, 1.54) is 35.2 Å². The van der Waals surface area contributed by atoms with E-state index in [1.807, 2.05) is 30.3 Å². The molecule has 1 saturated heterocycles. The molecule has 1 N–H and O–H groups in total. The average molecular weight is 528 g/mol. The van der Waals surface area contributed by atoms with E-state index in [2.05, 4.69) is 4.72 Å². The molecule has 1 heterocycles. The van der Waals surface area contributed by atoms with Crippen LogP contribution in [0, 0.1) is 0 Å². The Bertz CT molecular complexity index is 1340. The van der Waals surface area contributed by atoms with E-state index >= 15 is 0 Å². The molecule has 3 aromatic rings. The van der Waals surface area contributed by atoms with Crippen LogP contribution in [-0.4, -0.2) is 56.4 Å². The second-order valence-electron chi connectivity index (χ2n) is 8.45. The van der Waals surface area contributed by atoms with Crippen LogP contribution < -0.4 is 4.72 Å². The lowest BCUT2D eigenvalue weighted by Gasteiger charge is -2.26. The Balaban J connectivity index is 1.44. The second-order valence-corrected chi connectivity index (χ2v) is 10.6. The number of hydrogen-bond donors (Lipinski definition) is 1. The summed E-state index contributed by atoms with van der Waals surface area (Å²) in [6.45, 7) is 0.920. The molecule has 36 heavy (non-hydrogen) atoms. The average Bonchev–Trinajstić information content (AvgIpc) is 3.39. The maximum Gasteiger partial charge on any atom is 0.410 e. The normalized spacial score (nSPS) is 15.4. The predicted octanol–water partition coefficient (Wildman–Crippen LogP) is 4.62. The number of benzene rings is 3. The first-order valence-corrected chi connectivity index (χ1v) is 13.2. The Morgan fingerprint density at radius 1 is 1.06 bits per heavy atom. The number of carbonyl (C=O) groups is 2. The van der Waals surface area contributed by atoms with Gasteiger partial charge in [0.25, 0.3) is 15.9 Å². The highest BCUT2D eigenvalue weighted by Crippen LogP contribution is 2.27. The predicted molar refractivity (Wildman–Crippen MR) is 137 cm³/mol. The molecule has 0 saturated carbocycles. The van der Waals surface area contributed by atoms with Crippen molar-refractivity contribution in [3.8, 4) is 0 Å². The van der Waals surface area contributed by atoms with Crippen molar-refractivity contribution in [1.82, 2.24) is 9.80 Å². The second kappa shape index (κ2) is 11.0. The van der Waals surface area contributed by atoms with Gasteiger partial charge in [-0.05, 0) is 42.3 Å². The number of anilines is 1. The van der Waals surface area contributed by atoms with Gasteiger partial charge in [0, 0.05) is 25.2 Å². The van der Waals surface area contributed by atoms with E-state index in [1.54, 1.807) is 30.1 Å². The maximum absolute atomic E-state index is 13.4. The molecule has 4 rings (SSSR count). The smallest absolute Gasteiger partial charge is 0.410 e. The number of carbonyl (C=O) groups excluding carboxylic acids is 2. The van der Waals surface area contributed by atoms with Crippen LogP contribution in [0.15, 0.2) is 83.8 Å². The Morgan fingerprint density at radius 2 is 1.72 bits per heavy atom. The number of sulfonamides is 1. The zero-order valence-electron chi connectivity index (χ0n) is 19.6. The van der Waals surface area contributed by atoms with Gasteiger partial charge in [0.2, 0.25) is 0 Å². The lowest BCUT2D eigenvalue weighted by molar-refractivity contribution is 0.0722. The van der Waals surface area contributed by atoms with Gasteiger partial charge in [-0.2, -0.15) is 0 Å². The first-order chi connectivity index (χ1) is 17.2. The van der Waals surface area contributed by atoms with Gasteiger partial charge in [-0.25, -0.2) is 13.2 Å². The number of likely N-dealkylation sites (N-methyl/N-ethyl adjacent to an activating group) is 1. The van der Waals surface area contributed by atoms with Crippen molar-refractivity contribution < 1.29 is 22.7 Å². The molecular weight excluding hydrogens is 502 g/mol. The minimum absolute atomic E-state index is 0.0761. The molecule has 1 fully saturated rings. The zero-order chi connectivity index (χ0) is 25.7. The van der Waals surface area contributed by atoms with Gasteiger partial charge in [-0.3, -0.25) is 9.52 Å². The van der Waals surface area contributed by atoms with E-state index in [4.69, 9.17) is 16.3 Å². The molecule has 1 atom stereocenters. The van der Waals surface area contributed by atoms with E-state index in [0.29, 0.717) is 24.5 Å². The molecule has 8 nitrogen and oxygen atoms in total. The SMILES string of the molecule is CN(C(=O)c1cc(Cl)ccc1NS(=O)(=O)c1ccccc1)C1CCN(C(=O)OCc2ccccc2)C1. The third-order valence-electron chi connectivity index (χ3n) is 6.00. The highest BCUT2D eigenvalue weighted by molar-refractivity contribution is 7.92. The summed E-state index contributed by atoms with van der Waals surface area (Å²) in [5.74, 6) is -0.409. The molecule has 1 aliphatic rings. The maximum atomic E-state index is 13.4. The molecule has 1 aliphatic heterocycles. The summed E-state index contributed by atoms with van der Waals surface area (Å²) >= 11 is 6.15. The van der Waals surface area contributed by atoms with Crippen molar-refractivity contribution in [2.75, 3.05) is 24.9 Å². The standard InChI is InChI=1S/C26H26ClN3O5S/c1-29(21-14-15-30(17-21)26(32)35-18-19-8-4-2-5-9-19)25(31)23-16-20(27)12-13-24(23)28-36(33,34)22-10-6-3-7-11-22/h2-13,16,21,28H,14-15,17-18H2,1H3. The monoisotopic (exact) mass is 527 g/mol. The van der Waals surface area contributed by atoms with Crippen molar-refractivity contribution >= 4 is 39.3 Å². The summed E-state index contributed by atoms with van der Waals surface area (Å²) in [5, 5.41) is 0.298. The fraction of sp³-hybridized carbons (Fsp3) is 0.231. The largest absolute Gasteiger partial charge is 0.445 e. The van der Waals surface area contributed by atoms with E-state index in [9.17, 15) is 18.0 Å².